The van der Waals surface area contributed by atoms with Crippen LogP contribution in [-0.4, -0.2) is 48.1 Å². The van der Waals surface area contributed by atoms with Crippen LogP contribution in [0.1, 0.15) is 20.7 Å². The molecule has 0 atom stereocenters. The van der Waals surface area contributed by atoms with E-state index in [-0.39, 0.29) is 59.1 Å². The SMILES string of the molecule is O=C(O)c1cc(S(=O)(=O)[O-])c2cc(C(=O)O)cc(S(=O)(=O)[O-])c2c1.[Na+].[Na+]. The summed E-state index contributed by atoms with van der Waals surface area (Å²) in [6, 6.07) is 2.26. The first-order valence-electron chi connectivity index (χ1n) is 5.82. The van der Waals surface area contributed by atoms with Crippen LogP contribution in [0, 0.1) is 0 Å². The number of fused-ring (bicyclic) bond motifs is 1. The molecule has 0 heterocycles. The maximum Gasteiger partial charge on any atom is 1.00 e. The van der Waals surface area contributed by atoms with Crippen molar-refractivity contribution in [3.05, 3.63) is 35.4 Å². The van der Waals surface area contributed by atoms with Crippen LogP contribution in [0.15, 0.2) is 34.1 Å². The predicted octanol–water partition coefficient (Wildman–Crippen LogP) is -5.95. The van der Waals surface area contributed by atoms with Crippen molar-refractivity contribution >= 4 is 42.9 Å². The van der Waals surface area contributed by atoms with Crippen LogP contribution in [0.2, 0.25) is 0 Å². The van der Waals surface area contributed by atoms with Crippen molar-refractivity contribution in [3.63, 3.8) is 0 Å². The Balaban J connectivity index is 0.00000312. The Kier molecular flexibility index (Phi) is 8.47. The fraction of sp³-hybridized carbons (Fsp3) is 0. The summed E-state index contributed by atoms with van der Waals surface area (Å²) in [4.78, 5) is 19.8. The Labute approximate surface area is 191 Å². The number of carbonyl (C=O) groups is 2. The third-order valence-corrected chi connectivity index (χ3v) is 4.78. The summed E-state index contributed by atoms with van der Waals surface area (Å²) in [5.74, 6) is -3.36. The minimum Gasteiger partial charge on any atom is -0.744 e. The van der Waals surface area contributed by atoms with E-state index in [0.717, 1.165) is 0 Å². The van der Waals surface area contributed by atoms with E-state index < -0.39 is 63.9 Å². The van der Waals surface area contributed by atoms with Gasteiger partial charge in [0.05, 0.1) is 20.9 Å². The number of aromatic carboxylic acids is 2. The molecule has 2 aromatic carbocycles. The quantitative estimate of drug-likeness (QED) is 0.356. The first kappa shape index (κ1) is 25.5. The topological polar surface area (TPSA) is 189 Å². The largest absolute Gasteiger partial charge is 1.00 e. The van der Waals surface area contributed by atoms with Gasteiger partial charge in [0.1, 0.15) is 20.2 Å². The van der Waals surface area contributed by atoms with Gasteiger partial charge >= 0.3 is 71.1 Å². The van der Waals surface area contributed by atoms with E-state index in [1.54, 1.807) is 0 Å². The zero-order chi connectivity index (χ0) is 18.4. The van der Waals surface area contributed by atoms with Gasteiger partial charge in [0.25, 0.3) is 0 Å². The first-order valence-corrected chi connectivity index (χ1v) is 8.64. The molecule has 0 unspecified atom stereocenters. The summed E-state index contributed by atoms with van der Waals surface area (Å²) >= 11 is 0. The molecule has 0 saturated carbocycles. The van der Waals surface area contributed by atoms with Crippen LogP contribution in [0.5, 0.6) is 0 Å². The molecular formula is C12H6Na2O10S2. The van der Waals surface area contributed by atoms with Crippen molar-refractivity contribution in [2.45, 2.75) is 9.79 Å². The number of carboxylic acid groups (broad SMARTS) is 2. The summed E-state index contributed by atoms with van der Waals surface area (Å²) in [6.07, 6.45) is 0. The number of carboxylic acids is 2. The van der Waals surface area contributed by atoms with E-state index in [2.05, 4.69) is 0 Å². The maximum atomic E-state index is 11.3. The molecule has 0 fully saturated rings. The molecule has 2 aromatic rings. The Morgan fingerprint density at radius 2 is 0.962 bits per heavy atom. The van der Waals surface area contributed by atoms with E-state index >= 15 is 0 Å². The van der Waals surface area contributed by atoms with E-state index in [9.17, 15) is 35.5 Å². The van der Waals surface area contributed by atoms with Gasteiger partial charge < -0.3 is 19.3 Å². The molecule has 10 nitrogen and oxygen atoms in total. The molecule has 0 radical (unpaired) electrons. The van der Waals surface area contributed by atoms with Crippen molar-refractivity contribution < 1.29 is 105 Å². The van der Waals surface area contributed by atoms with Crippen molar-refractivity contribution in [1.82, 2.24) is 0 Å². The Morgan fingerprint density at radius 3 is 1.15 bits per heavy atom. The predicted molar refractivity (Wildman–Crippen MR) is 73.8 cm³/mol. The molecule has 2 rings (SSSR count). The van der Waals surface area contributed by atoms with Crippen LogP contribution in [0.4, 0.5) is 0 Å². The standard InChI is InChI=1S/C12H8O10S2.2Na/c13-11(14)5-1-7-8(10(3-5)24(20,21)22)2-6(12(15)16)4-9(7)23(17,18)19;;/h1-4H,(H,13,14)(H,15,16)(H,17,18,19)(H,20,21,22);;/q;2*+1/p-2. The van der Waals surface area contributed by atoms with Gasteiger partial charge in [-0.1, -0.05) is 0 Å². The molecule has 26 heavy (non-hydrogen) atoms. The van der Waals surface area contributed by atoms with Gasteiger partial charge in [0.15, 0.2) is 0 Å². The summed E-state index contributed by atoms with van der Waals surface area (Å²) < 4.78 is 68.0. The summed E-state index contributed by atoms with van der Waals surface area (Å²) in [5, 5.41) is 16.6. The molecule has 14 heteroatoms. The fourth-order valence-corrected chi connectivity index (χ4v) is 3.48. The normalized spacial score (nSPS) is 11.3. The molecule has 0 aromatic heterocycles. The summed E-state index contributed by atoms with van der Waals surface area (Å²) in [6.45, 7) is 0. The van der Waals surface area contributed by atoms with E-state index in [0.29, 0.717) is 24.3 Å². The maximum absolute atomic E-state index is 11.3. The number of hydrogen-bond acceptors (Lipinski definition) is 8. The van der Waals surface area contributed by atoms with Crippen molar-refractivity contribution in [2.24, 2.45) is 0 Å². The van der Waals surface area contributed by atoms with E-state index in [1.165, 1.54) is 0 Å². The molecule has 0 saturated heterocycles. The Hall–Kier alpha value is -0.540. The van der Waals surface area contributed by atoms with Gasteiger partial charge in [-0.3, -0.25) is 0 Å². The molecule has 128 valence electrons. The minimum atomic E-state index is -5.29. The molecule has 2 N–H and O–H groups in total. The fourth-order valence-electron chi connectivity index (χ4n) is 2.06. The number of benzene rings is 2. The van der Waals surface area contributed by atoms with E-state index in [1.807, 2.05) is 0 Å². The van der Waals surface area contributed by atoms with E-state index in [4.69, 9.17) is 10.2 Å². The van der Waals surface area contributed by atoms with Crippen molar-refractivity contribution in [3.8, 4) is 0 Å². The van der Waals surface area contributed by atoms with Crippen LogP contribution in [-0.2, 0) is 20.2 Å². The molecule has 0 aliphatic rings. The summed E-state index contributed by atoms with van der Waals surface area (Å²) in [5.41, 5.74) is -1.52. The molecule has 0 aliphatic carbocycles. The summed E-state index contributed by atoms with van der Waals surface area (Å²) in [7, 11) is -10.6. The van der Waals surface area contributed by atoms with Gasteiger partial charge in [-0.2, -0.15) is 0 Å². The number of hydrogen-bond donors (Lipinski definition) is 2. The van der Waals surface area contributed by atoms with Crippen molar-refractivity contribution in [1.29, 1.82) is 0 Å². The molecule has 0 aliphatic heterocycles. The van der Waals surface area contributed by atoms with Gasteiger partial charge in [0.2, 0.25) is 0 Å². The van der Waals surface area contributed by atoms with Gasteiger partial charge in [-0.05, 0) is 24.3 Å². The second-order valence-electron chi connectivity index (χ2n) is 4.56. The third-order valence-electron chi connectivity index (χ3n) is 3.03. The van der Waals surface area contributed by atoms with Crippen LogP contribution in [0.25, 0.3) is 10.8 Å². The molecule has 0 bridgehead atoms. The van der Waals surface area contributed by atoms with Gasteiger partial charge in [-0.15, -0.1) is 0 Å². The Bertz CT molecular complexity index is 1020. The third kappa shape index (κ3) is 5.25. The monoisotopic (exact) mass is 420 g/mol. The second kappa shape index (κ2) is 8.65. The zero-order valence-corrected chi connectivity index (χ0v) is 18.9. The smallest absolute Gasteiger partial charge is 0.744 e. The van der Waals surface area contributed by atoms with Crippen LogP contribution < -0.4 is 59.1 Å². The average Bonchev–Trinajstić information content (AvgIpc) is 2.42. The van der Waals surface area contributed by atoms with Crippen LogP contribution >= 0.6 is 0 Å². The van der Waals surface area contributed by atoms with Gasteiger partial charge in [0, 0.05) is 10.8 Å². The zero-order valence-electron chi connectivity index (χ0n) is 13.3. The van der Waals surface area contributed by atoms with Crippen LogP contribution in [0.3, 0.4) is 0 Å². The molecule has 0 spiro atoms. The van der Waals surface area contributed by atoms with Gasteiger partial charge in [-0.25, -0.2) is 26.4 Å². The number of rotatable bonds is 4. The second-order valence-corrected chi connectivity index (χ2v) is 7.26. The van der Waals surface area contributed by atoms with Crippen molar-refractivity contribution in [2.75, 3.05) is 0 Å². The Morgan fingerprint density at radius 1 is 0.692 bits per heavy atom. The molecule has 0 amide bonds. The molecular weight excluding hydrogens is 414 g/mol. The minimum absolute atomic E-state index is 0. The average molecular weight is 420 g/mol. The first-order chi connectivity index (χ1) is 10.8.